The van der Waals surface area contributed by atoms with Crippen LogP contribution >= 0.6 is 0 Å². The molecule has 102 valence electrons. The summed E-state index contributed by atoms with van der Waals surface area (Å²) in [5, 5.41) is 5.52. The van der Waals surface area contributed by atoms with E-state index in [-0.39, 0.29) is 19.8 Å². The van der Waals surface area contributed by atoms with E-state index in [1.54, 1.807) is 0 Å². The first-order valence-corrected chi connectivity index (χ1v) is 5.75. The fourth-order valence-electron chi connectivity index (χ4n) is 1.50. The summed E-state index contributed by atoms with van der Waals surface area (Å²) >= 11 is 0. The van der Waals surface area contributed by atoms with Gasteiger partial charge in [0.15, 0.2) is 0 Å². The molecule has 0 bridgehead atoms. The van der Waals surface area contributed by atoms with Gasteiger partial charge in [-0.3, -0.25) is 14.4 Å². The standard InChI is InChI=1S/C10H18N4O4/c11-8(15)7-18-6-3-13-9(16)10(17)14-4-1-12-2-5-14/h12H,1-7H2,(H2,11,15)(H,13,16). The van der Waals surface area contributed by atoms with Gasteiger partial charge in [0.05, 0.1) is 6.61 Å². The number of hydrogen-bond donors (Lipinski definition) is 3. The van der Waals surface area contributed by atoms with Crippen molar-refractivity contribution in [1.29, 1.82) is 0 Å². The van der Waals surface area contributed by atoms with Gasteiger partial charge in [-0.15, -0.1) is 0 Å². The average Bonchev–Trinajstić information content (AvgIpc) is 2.38. The van der Waals surface area contributed by atoms with Gasteiger partial charge in [-0.2, -0.15) is 0 Å². The highest BCUT2D eigenvalue weighted by molar-refractivity contribution is 6.35. The lowest BCUT2D eigenvalue weighted by Gasteiger charge is -2.26. The minimum Gasteiger partial charge on any atom is -0.370 e. The summed E-state index contributed by atoms with van der Waals surface area (Å²) in [7, 11) is 0. The van der Waals surface area contributed by atoms with Crippen molar-refractivity contribution in [2.75, 3.05) is 45.9 Å². The van der Waals surface area contributed by atoms with Crippen LogP contribution in [-0.2, 0) is 19.1 Å². The predicted molar refractivity (Wildman–Crippen MR) is 62.5 cm³/mol. The van der Waals surface area contributed by atoms with Gasteiger partial charge in [-0.25, -0.2) is 0 Å². The Kier molecular flexibility index (Phi) is 6.09. The third-order valence-electron chi connectivity index (χ3n) is 2.37. The molecule has 0 atom stereocenters. The fraction of sp³-hybridized carbons (Fsp3) is 0.700. The smallest absolute Gasteiger partial charge is 0.311 e. The Morgan fingerprint density at radius 2 is 1.94 bits per heavy atom. The SMILES string of the molecule is NC(=O)COCCNC(=O)C(=O)N1CCNCC1. The molecule has 1 aliphatic heterocycles. The van der Waals surface area contributed by atoms with E-state index >= 15 is 0 Å². The summed E-state index contributed by atoms with van der Waals surface area (Å²) in [5.41, 5.74) is 4.86. The fourth-order valence-corrected chi connectivity index (χ4v) is 1.50. The molecule has 1 heterocycles. The highest BCUT2D eigenvalue weighted by atomic mass is 16.5. The number of amides is 3. The number of carbonyl (C=O) groups excluding carboxylic acids is 3. The van der Waals surface area contributed by atoms with E-state index in [4.69, 9.17) is 10.5 Å². The predicted octanol–water partition coefficient (Wildman–Crippen LogP) is -2.96. The number of hydrogen-bond acceptors (Lipinski definition) is 5. The first-order valence-electron chi connectivity index (χ1n) is 5.75. The summed E-state index contributed by atoms with van der Waals surface area (Å²) in [6.45, 7) is 2.57. The summed E-state index contributed by atoms with van der Waals surface area (Å²) in [6, 6.07) is 0. The van der Waals surface area contributed by atoms with Crippen LogP contribution in [0.15, 0.2) is 0 Å². The quantitative estimate of drug-likeness (QED) is 0.360. The van der Waals surface area contributed by atoms with Gasteiger partial charge in [-0.1, -0.05) is 0 Å². The van der Waals surface area contributed by atoms with Gasteiger partial charge < -0.3 is 26.0 Å². The minimum absolute atomic E-state index is 0.142. The molecule has 0 unspecified atom stereocenters. The average molecular weight is 258 g/mol. The van der Waals surface area contributed by atoms with Gasteiger partial charge in [0.25, 0.3) is 0 Å². The molecule has 1 aliphatic rings. The van der Waals surface area contributed by atoms with Crippen molar-refractivity contribution in [2.45, 2.75) is 0 Å². The van der Waals surface area contributed by atoms with Crippen molar-refractivity contribution >= 4 is 17.7 Å². The van der Waals surface area contributed by atoms with E-state index < -0.39 is 17.7 Å². The van der Waals surface area contributed by atoms with E-state index in [1.807, 2.05) is 0 Å². The number of rotatable bonds is 5. The number of nitrogens with two attached hydrogens (primary N) is 1. The Balaban J connectivity index is 2.15. The van der Waals surface area contributed by atoms with Crippen molar-refractivity contribution in [3.8, 4) is 0 Å². The molecule has 3 amide bonds. The van der Waals surface area contributed by atoms with Crippen LogP contribution in [0.25, 0.3) is 0 Å². The summed E-state index contributed by atoms with van der Waals surface area (Å²) in [6.07, 6.45) is 0. The molecule has 0 aromatic carbocycles. The maximum atomic E-state index is 11.6. The van der Waals surface area contributed by atoms with E-state index in [0.29, 0.717) is 26.2 Å². The van der Waals surface area contributed by atoms with Crippen molar-refractivity contribution < 1.29 is 19.1 Å². The highest BCUT2D eigenvalue weighted by Crippen LogP contribution is 1.93. The zero-order valence-electron chi connectivity index (χ0n) is 10.1. The molecule has 0 aliphatic carbocycles. The Hall–Kier alpha value is -1.67. The molecule has 0 aromatic rings. The summed E-state index contributed by atoms with van der Waals surface area (Å²) in [5.74, 6) is -1.76. The Morgan fingerprint density at radius 1 is 1.28 bits per heavy atom. The van der Waals surface area contributed by atoms with Gasteiger partial charge in [0, 0.05) is 32.7 Å². The molecule has 0 spiro atoms. The van der Waals surface area contributed by atoms with Crippen molar-refractivity contribution in [3.63, 3.8) is 0 Å². The number of primary amides is 1. The Morgan fingerprint density at radius 3 is 2.56 bits per heavy atom. The number of ether oxygens (including phenoxy) is 1. The molecule has 0 radical (unpaired) electrons. The van der Waals surface area contributed by atoms with Crippen LogP contribution < -0.4 is 16.4 Å². The van der Waals surface area contributed by atoms with Crippen molar-refractivity contribution in [3.05, 3.63) is 0 Å². The van der Waals surface area contributed by atoms with Gasteiger partial charge in [-0.05, 0) is 0 Å². The Labute approximate surface area is 105 Å². The van der Waals surface area contributed by atoms with Gasteiger partial charge >= 0.3 is 11.8 Å². The molecule has 1 fully saturated rings. The number of carbonyl (C=O) groups is 3. The first-order chi connectivity index (χ1) is 8.61. The molecule has 8 nitrogen and oxygen atoms in total. The Bertz CT molecular complexity index is 315. The van der Waals surface area contributed by atoms with E-state index in [0.717, 1.165) is 0 Å². The maximum Gasteiger partial charge on any atom is 0.311 e. The molecular weight excluding hydrogens is 240 g/mol. The van der Waals surface area contributed by atoms with Crippen LogP contribution in [0.3, 0.4) is 0 Å². The van der Waals surface area contributed by atoms with E-state index in [9.17, 15) is 14.4 Å². The second-order valence-corrected chi connectivity index (χ2v) is 3.82. The van der Waals surface area contributed by atoms with Crippen LogP contribution in [-0.4, -0.2) is 68.6 Å². The van der Waals surface area contributed by atoms with Crippen molar-refractivity contribution in [1.82, 2.24) is 15.5 Å². The third-order valence-corrected chi connectivity index (χ3v) is 2.37. The van der Waals surface area contributed by atoms with Crippen LogP contribution in [0.5, 0.6) is 0 Å². The number of nitrogens with one attached hydrogen (secondary N) is 2. The van der Waals surface area contributed by atoms with Crippen molar-refractivity contribution in [2.24, 2.45) is 5.73 Å². The van der Waals surface area contributed by atoms with Gasteiger partial charge in [0.2, 0.25) is 5.91 Å². The number of nitrogens with zero attached hydrogens (tertiary/aromatic N) is 1. The molecular formula is C10H18N4O4. The van der Waals surface area contributed by atoms with Crippen LogP contribution in [0.2, 0.25) is 0 Å². The largest absolute Gasteiger partial charge is 0.370 e. The van der Waals surface area contributed by atoms with Crippen LogP contribution in [0.1, 0.15) is 0 Å². The second-order valence-electron chi connectivity index (χ2n) is 3.82. The third kappa shape index (κ3) is 5.11. The minimum atomic E-state index is -0.653. The first kappa shape index (κ1) is 14.4. The van der Waals surface area contributed by atoms with Gasteiger partial charge in [0.1, 0.15) is 6.61 Å². The molecule has 1 rings (SSSR count). The van der Waals surface area contributed by atoms with E-state index in [1.165, 1.54) is 4.90 Å². The zero-order chi connectivity index (χ0) is 13.4. The second kappa shape index (κ2) is 7.62. The summed E-state index contributed by atoms with van der Waals surface area (Å²) in [4.78, 5) is 35.0. The molecule has 18 heavy (non-hydrogen) atoms. The van der Waals surface area contributed by atoms with E-state index in [2.05, 4.69) is 10.6 Å². The lowest BCUT2D eigenvalue weighted by Crippen LogP contribution is -2.51. The molecule has 0 aromatic heterocycles. The lowest BCUT2D eigenvalue weighted by molar-refractivity contribution is -0.146. The number of piperazine rings is 1. The molecule has 8 heteroatoms. The summed E-state index contributed by atoms with van der Waals surface area (Å²) < 4.78 is 4.85. The lowest BCUT2D eigenvalue weighted by atomic mass is 10.3. The van der Waals surface area contributed by atoms with Crippen LogP contribution in [0, 0.1) is 0 Å². The highest BCUT2D eigenvalue weighted by Gasteiger charge is 2.22. The maximum absolute atomic E-state index is 11.6. The van der Waals surface area contributed by atoms with Crippen LogP contribution in [0.4, 0.5) is 0 Å². The molecule has 4 N–H and O–H groups in total. The normalized spacial score (nSPS) is 15.2. The topological polar surface area (TPSA) is 114 Å². The molecule has 1 saturated heterocycles. The zero-order valence-corrected chi connectivity index (χ0v) is 10.1. The molecule has 0 saturated carbocycles. The monoisotopic (exact) mass is 258 g/mol.